The average Bonchev–Trinajstić information content (AvgIpc) is 2.65. The van der Waals surface area contributed by atoms with Gasteiger partial charge in [-0.15, -0.1) is 24.0 Å². The van der Waals surface area contributed by atoms with Crippen molar-refractivity contribution in [2.24, 2.45) is 4.99 Å². The van der Waals surface area contributed by atoms with E-state index in [0.29, 0.717) is 36.2 Å². The number of aryl methyl sites for hydroxylation is 1. The zero-order chi connectivity index (χ0) is 19.6. The maximum atomic E-state index is 13.1. The first kappa shape index (κ1) is 24.2. The smallest absolute Gasteiger partial charge is 0.252 e. The van der Waals surface area contributed by atoms with Crippen LogP contribution in [0.4, 0.5) is 4.39 Å². The van der Waals surface area contributed by atoms with Crippen LogP contribution in [0.3, 0.4) is 0 Å². The molecule has 3 N–H and O–H groups in total. The predicted octanol–water partition coefficient (Wildman–Crippen LogP) is 3.54. The minimum atomic E-state index is -0.222. The van der Waals surface area contributed by atoms with Crippen molar-refractivity contribution in [2.45, 2.75) is 13.3 Å². The summed E-state index contributed by atoms with van der Waals surface area (Å²) in [6, 6.07) is 11.7. The summed E-state index contributed by atoms with van der Waals surface area (Å²) in [5.41, 5.74) is 2.48. The van der Waals surface area contributed by atoms with Crippen LogP contribution in [0.2, 0.25) is 5.02 Å². The molecule has 0 aliphatic carbocycles. The summed E-state index contributed by atoms with van der Waals surface area (Å²) in [5.74, 6) is 0.208. The molecule has 2 aromatic carbocycles. The normalized spacial score (nSPS) is 10.8. The Morgan fingerprint density at radius 1 is 1.07 bits per heavy atom. The highest BCUT2D eigenvalue weighted by molar-refractivity contribution is 14.0. The van der Waals surface area contributed by atoms with Crippen molar-refractivity contribution in [1.29, 1.82) is 0 Å². The zero-order valence-corrected chi connectivity index (χ0v) is 19.0. The molecule has 28 heavy (non-hydrogen) atoms. The summed E-state index contributed by atoms with van der Waals surface area (Å²) in [6.07, 6.45) is 0.760. The van der Waals surface area contributed by atoms with Gasteiger partial charge in [-0.3, -0.25) is 9.79 Å². The lowest BCUT2D eigenvalue weighted by Gasteiger charge is -2.13. The minimum absolute atomic E-state index is 0. The van der Waals surface area contributed by atoms with Gasteiger partial charge in [0.2, 0.25) is 0 Å². The van der Waals surface area contributed by atoms with Gasteiger partial charge in [0, 0.05) is 26.7 Å². The lowest BCUT2D eigenvalue weighted by Crippen LogP contribution is -2.42. The van der Waals surface area contributed by atoms with Crippen LogP contribution in [0.25, 0.3) is 0 Å². The molecule has 5 nitrogen and oxygen atoms in total. The van der Waals surface area contributed by atoms with Crippen molar-refractivity contribution >= 4 is 47.4 Å². The Morgan fingerprint density at radius 2 is 1.75 bits per heavy atom. The molecule has 2 rings (SSSR count). The van der Waals surface area contributed by atoms with Gasteiger partial charge < -0.3 is 16.0 Å². The molecule has 152 valence electrons. The van der Waals surface area contributed by atoms with Gasteiger partial charge in [0.1, 0.15) is 5.82 Å². The van der Waals surface area contributed by atoms with Crippen molar-refractivity contribution in [1.82, 2.24) is 16.0 Å². The fraction of sp³-hybridized carbons (Fsp3) is 0.300. The van der Waals surface area contributed by atoms with Gasteiger partial charge in [0.15, 0.2) is 5.96 Å². The van der Waals surface area contributed by atoms with Gasteiger partial charge in [0.05, 0.1) is 10.6 Å². The van der Waals surface area contributed by atoms with Crippen LogP contribution >= 0.6 is 35.6 Å². The van der Waals surface area contributed by atoms with Gasteiger partial charge in [-0.05, 0) is 48.7 Å². The van der Waals surface area contributed by atoms with Crippen molar-refractivity contribution in [2.75, 3.05) is 26.7 Å². The van der Waals surface area contributed by atoms with Crippen LogP contribution < -0.4 is 16.0 Å². The fourth-order valence-electron chi connectivity index (χ4n) is 2.57. The third-order valence-electron chi connectivity index (χ3n) is 4.04. The number of hydrogen-bond acceptors (Lipinski definition) is 2. The maximum absolute atomic E-state index is 13.1. The van der Waals surface area contributed by atoms with E-state index in [-0.39, 0.29) is 35.7 Å². The Kier molecular flexibility index (Phi) is 10.8. The van der Waals surface area contributed by atoms with Crippen molar-refractivity contribution in [3.05, 3.63) is 70.0 Å². The van der Waals surface area contributed by atoms with Crippen LogP contribution in [-0.4, -0.2) is 38.5 Å². The van der Waals surface area contributed by atoms with Gasteiger partial charge in [-0.2, -0.15) is 0 Å². The van der Waals surface area contributed by atoms with Crippen LogP contribution in [0.5, 0.6) is 0 Å². The largest absolute Gasteiger partial charge is 0.356 e. The van der Waals surface area contributed by atoms with Crippen molar-refractivity contribution in [3.8, 4) is 0 Å². The van der Waals surface area contributed by atoms with Crippen LogP contribution in [0, 0.1) is 12.7 Å². The second-order valence-corrected chi connectivity index (χ2v) is 6.39. The lowest BCUT2D eigenvalue weighted by molar-refractivity contribution is 0.0954. The van der Waals surface area contributed by atoms with E-state index in [4.69, 9.17) is 11.6 Å². The number of halogens is 3. The minimum Gasteiger partial charge on any atom is -0.356 e. The van der Waals surface area contributed by atoms with E-state index in [1.54, 1.807) is 37.4 Å². The molecule has 8 heteroatoms. The molecule has 0 atom stereocenters. The first-order valence-corrected chi connectivity index (χ1v) is 9.11. The zero-order valence-electron chi connectivity index (χ0n) is 15.9. The number of aliphatic imine (C=N–C) groups is 1. The van der Waals surface area contributed by atoms with Crippen LogP contribution in [0.15, 0.2) is 47.5 Å². The second kappa shape index (κ2) is 12.6. The lowest BCUT2D eigenvalue weighted by atomic mass is 10.1. The molecule has 0 heterocycles. The number of nitrogens with one attached hydrogen (secondary N) is 3. The van der Waals surface area contributed by atoms with E-state index < -0.39 is 0 Å². The molecule has 0 radical (unpaired) electrons. The topological polar surface area (TPSA) is 65.5 Å². The number of nitrogens with zero attached hydrogens (tertiary/aromatic N) is 1. The Labute approximate surface area is 187 Å². The number of hydrogen-bond donors (Lipinski definition) is 3. The summed E-state index contributed by atoms with van der Waals surface area (Å²) in [5, 5.41) is 9.57. The van der Waals surface area contributed by atoms with E-state index in [1.165, 1.54) is 12.1 Å². The number of carbonyl (C=O) groups excluding carboxylic acids is 1. The van der Waals surface area contributed by atoms with Crippen molar-refractivity contribution < 1.29 is 9.18 Å². The predicted molar refractivity (Wildman–Crippen MR) is 123 cm³/mol. The molecule has 0 saturated carbocycles. The molecule has 0 spiro atoms. The number of benzene rings is 2. The molecule has 0 saturated heterocycles. The van der Waals surface area contributed by atoms with Gasteiger partial charge in [0.25, 0.3) is 5.91 Å². The molecule has 2 aromatic rings. The average molecular weight is 519 g/mol. The summed E-state index contributed by atoms with van der Waals surface area (Å²) in [7, 11) is 1.68. The second-order valence-electron chi connectivity index (χ2n) is 5.98. The summed E-state index contributed by atoms with van der Waals surface area (Å²) >= 11 is 6.01. The van der Waals surface area contributed by atoms with Gasteiger partial charge in [-0.1, -0.05) is 29.8 Å². The quantitative estimate of drug-likeness (QED) is 0.227. The number of amides is 1. The molecular formula is C20H25ClFIN4O. The van der Waals surface area contributed by atoms with E-state index >= 15 is 0 Å². The molecule has 0 aliphatic heterocycles. The highest BCUT2D eigenvalue weighted by Crippen LogP contribution is 2.14. The van der Waals surface area contributed by atoms with Gasteiger partial charge in [-0.25, -0.2) is 4.39 Å². The number of rotatable bonds is 7. The van der Waals surface area contributed by atoms with E-state index in [2.05, 4.69) is 20.9 Å². The number of carbonyl (C=O) groups is 1. The molecule has 0 aliphatic rings. The Morgan fingerprint density at radius 3 is 2.43 bits per heavy atom. The fourth-order valence-corrected chi connectivity index (χ4v) is 2.80. The Bertz CT molecular complexity index is 817. The first-order chi connectivity index (χ1) is 13.0. The summed E-state index contributed by atoms with van der Waals surface area (Å²) < 4.78 is 13.1. The standard InChI is InChI=1S/C20H24ClFN4O.HI/c1-14-13-16(22)8-7-15(14)9-10-25-20(23-2)26-12-11-24-19(27)17-5-3-4-6-18(17)21;/h3-8,13H,9-12H2,1-2H3,(H,24,27)(H2,23,25,26);1H. The third-order valence-corrected chi connectivity index (χ3v) is 4.37. The monoisotopic (exact) mass is 518 g/mol. The third kappa shape index (κ3) is 7.63. The first-order valence-electron chi connectivity index (χ1n) is 8.73. The van der Waals surface area contributed by atoms with E-state index in [1.807, 2.05) is 6.92 Å². The summed E-state index contributed by atoms with van der Waals surface area (Å²) in [4.78, 5) is 16.2. The SMILES string of the molecule is CN=C(NCCNC(=O)c1ccccc1Cl)NCCc1ccc(F)cc1C.I. The number of guanidine groups is 1. The van der Waals surface area contributed by atoms with Gasteiger partial charge >= 0.3 is 0 Å². The van der Waals surface area contributed by atoms with Crippen LogP contribution in [-0.2, 0) is 6.42 Å². The Hall–Kier alpha value is -1.87. The highest BCUT2D eigenvalue weighted by atomic mass is 127. The Balaban J connectivity index is 0.00000392. The maximum Gasteiger partial charge on any atom is 0.252 e. The molecular weight excluding hydrogens is 494 g/mol. The molecule has 0 unspecified atom stereocenters. The van der Waals surface area contributed by atoms with Crippen LogP contribution in [0.1, 0.15) is 21.5 Å². The van der Waals surface area contributed by atoms with E-state index in [9.17, 15) is 9.18 Å². The highest BCUT2D eigenvalue weighted by Gasteiger charge is 2.08. The molecule has 1 amide bonds. The molecule has 0 fully saturated rings. The molecule has 0 aromatic heterocycles. The van der Waals surface area contributed by atoms with Crippen molar-refractivity contribution in [3.63, 3.8) is 0 Å². The molecule has 0 bridgehead atoms. The van der Waals surface area contributed by atoms with E-state index in [0.717, 1.165) is 17.5 Å². The summed E-state index contributed by atoms with van der Waals surface area (Å²) in [6.45, 7) is 3.51.